The lowest BCUT2D eigenvalue weighted by Crippen LogP contribution is -2.31. The van der Waals surface area contributed by atoms with Gasteiger partial charge in [-0.05, 0) is 60.6 Å². The van der Waals surface area contributed by atoms with Crippen molar-refractivity contribution in [2.75, 3.05) is 16.0 Å². The van der Waals surface area contributed by atoms with Gasteiger partial charge >= 0.3 is 0 Å². The summed E-state index contributed by atoms with van der Waals surface area (Å²) in [6.07, 6.45) is 9.12. The first-order chi connectivity index (χ1) is 19.7. The van der Waals surface area contributed by atoms with E-state index in [0.717, 1.165) is 35.5 Å². The minimum absolute atomic E-state index is 0.0453. The first-order valence-corrected chi connectivity index (χ1v) is 14.1. The fourth-order valence-electron chi connectivity index (χ4n) is 5.59. The van der Waals surface area contributed by atoms with E-state index in [2.05, 4.69) is 35.7 Å². The first-order valence-electron chi connectivity index (χ1n) is 14.1. The van der Waals surface area contributed by atoms with Crippen molar-refractivity contribution in [1.82, 2.24) is 0 Å². The molecule has 5 rings (SSSR count). The normalized spacial score (nSPS) is 17.2. The molecule has 2 aliphatic rings. The van der Waals surface area contributed by atoms with E-state index in [9.17, 15) is 14.4 Å². The van der Waals surface area contributed by atoms with Crippen LogP contribution in [-0.4, -0.2) is 17.5 Å². The second-order valence-electron chi connectivity index (χ2n) is 11.6. The van der Waals surface area contributed by atoms with Crippen molar-refractivity contribution in [2.45, 2.75) is 58.4 Å². The molecule has 1 aliphatic heterocycles. The fourth-order valence-corrected chi connectivity index (χ4v) is 5.59. The molecule has 1 aliphatic carbocycles. The molecule has 0 saturated carbocycles. The third-order valence-corrected chi connectivity index (χ3v) is 7.61. The molecule has 1 unspecified atom stereocenters. The fraction of sp³-hybridized carbons (Fsp3) is 0.286. The molecule has 3 aromatic carbocycles. The zero-order valence-corrected chi connectivity index (χ0v) is 23.6. The highest BCUT2D eigenvalue weighted by Gasteiger charge is 2.38. The summed E-state index contributed by atoms with van der Waals surface area (Å²) in [5, 5.41) is 10.1. The average molecular weight is 546 g/mol. The summed E-state index contributed by atoms with van der Waals surface area (Å²) in [5.41, 5.74) is 5.78. The maximum absolute atomic E-state index is 13.6. The molecule has 1 amide bonds. The lowest BCUT2D eigenvalue weighted by molar-refractivity contribution is -0.118. The van der Waals surface area contributed by atoms with Crippen molar-refractivity contribution in [2.24, 2.45) is 5.41 Å². The largest absolute Gasteiger partial charge is 0.372 e. The molecule has 0 bridgehead atoms. The number of nitrogens with one attached hydrogen (secondary N) is 3. The number of hydrogen-bond donors (Lipinski definition) is 3. The average Bonchev–Trinajstić information content (AvgIpc) is 3.11. The number of terminal acetylenes is 1. The highest BCUT2D eigenvalue weighted by Crippen LogP contribution is 2.45. The molecule has 6 heteroatoms. The topological polar surface area (TPSA) is 87.3 Å². The van der Waals surface area contributed by atoms with Crippen LogP contribution in [0.1, 0.15) is 79.9 Å². The molecule has 208 valence electrons. The maximum atomic E-state index is 13.6. The number of benzene rings is 3. The first kappa shape index (κ1) is 27.9. The van der Waals surface area contributed by atoms with Crippen LogP contribution in [0.3, 0.4) is 0 Å². The molecule has 0 radical (unpaired) electrons. The van der Waals surface area contributed by atoms with Crippen molar-refractivity contribution in [3.05, 3.63) is 101 Å². The number of anilines is 3. The van der Waals surface area contributed by atoms with Crippen LogP contribution in [0.5, 0.6) is 0 Å². The van der Waals surface area contributed by atoms with Gasteiger partial charge in [0.05, 0.1) is 17.4 Å². The Hall–Kier alpha value is -4.63. The Bertz CT molecular complexity index is 1550. The number of rotatable bonds is 8. The van der Waals surface area contributed by atoms with Gasteiger partial charge in [-0.1, -0.05) is 56.3 Å². The SMILES string of the molecule is C#CCCCCC(=O)Nc1ccc(C2Nc3ccc(C(=O)c4ccccc4)cc3NC3=C2C(=O)CC(C)(C)C3)cc1. The summed E-state index contributed by atoms with van der Waals surface area (Å²) in [4.78, 5) is 39.1. The second kappa shape index (κ2) is 11.9. The molecule has 1 heterocycles. The highest BCUT2D eigenvalue weighted by molar-refractivity contribution is 6.10. The number of Topliss-reactive ketones (excluding diaryl/α,β-unsaturated/α-hetero) is 1. The standard InChI is InChI=1S/C35H35N3O3/c1-4-5-6-10-13-31(40)36-26-17-14-23(15-18-26)33-32-29(21-35(2,3)22-30(32)39)37-28-20-25(16-19-27(28)38-33)34(41)24-11-8-7-9-12-24/h1,7-9,11-12,14-20,33,37-38H,5-6,10,13,21-22H2,2-3H3,(H,36,40). The van der Waals surface area contributed by atoms with Crippen LogP contribution in [0, 0.1) is 17.8 Å². The van der Waals surface area contributed by atoms with Gasteiger partial charge in [-0.25, -0.2) is 0 Å². The quantitative estimate of drug-likeness (QED) is 0.157. The van der Waals surface area contributed by atoms with Crippen LogP contribution in [-0.2, 0) is 9.59 Å². The molecule has 0 aromatic heterocycles. The second-order valence-corrected chi connectivity index (χ2v) is 11.6. The smallest absolute Gasteiger partial charge is 0.224 e. The van der Waals surface area contributed by atoms with Crippen LogP contribution in [0.2, 0.25) is 0 Å². The number of carbonyl (C=O) groups excluding carboxylic acids is 3. The van der Waals surface area contributed by atoms with E-state index in [0.29, 0.717) is 48.1 Å². The predicted octanol–water partition coefficient (Wildman–Crippen LogP) is 7.27. The Balaban J connectivity index is 1.44. The van der Waals surface area contributed by atoms with Gasteiger partial charge in [-0.15, -0.1) is 12.3 Å². The summed E-state index contributed by atoms with van der Waals surface area (Å²) in [5.74, 6) is 2.59. The van der Waals surface area contributed by atoms with E-state index in [-0.39, 0.29) is 28.9 Å². The Labute approximate surface area is 241 Å². The molecule has 0 fully saturated rings. The Morgan fingerprint density at radius 2 is 1.71 bits per heavy atom. The Morgan fingerprint density at radius 3 is 2.44 bits per heavy atom. The number of hydrogen-bond acceptors (Lipinski definition) is 5. The number of allylic oxidation sites excluding steroid dienone is 1. The number of carbonyl (C=O) groups is 3. The van der Waals surface area contributed by atoms with Crippen LogP contribution in [0.25, 0.3) is 0 Å². The van der Waals surface area contributed by atoms with Crippen molar-refractivity contribution in [1.29, 1.82) is 0 Å². The highest BCUT2D eigenvalue weighted by atomic mass is 16.1. The lowest BCUT2D eigenvalue weighted by Gasteiger charge is -2.34. The van der Waals surface area contributed by atoms with Crippen LogP contribution >= 0.6 is 0 Å². The van der Waals surface area contributed by atoms with Gasteiger partial charge in [0, 0.05) is 47.3 Å². The van der Waals surface area contributed by atoms with E-state index < -0.39 is 0 Å². The van der Waals surface area contributed by atoms with E-state index in [4.69, 9.17) is 6.42 Å². The van der Waals surface area contributed by atoms with Gasteiger partial charge in [0.15, 0.2) is 11.6 Å². The number of unbranched alkanes of at least 4 members (excludes halogenated alkanes) is 2. The molecular formula is C35H35N3O3. The molecule has 41 heavy (non-hydrogen) atoms. The van der Waals surface area contributed by atoms with E-state index in [1.54, 1.807) is 0 Å². The number of amides is 1. The van der Waals surface area contributed by atoms with Crippen molar-refractivity contribution < 1.29 is 14.4 Å². The zero-order chi connectivity index (χ0) is 29.0. The Kier molecular flexibility index (Phi) is 8.07. The lowest BCUT2D eigenvalue weighted by atomic mass is 9.73. The predicted molar refractivity (Wildman–Crippen MR) is 164 cm³/mol. The summed E-state index contributed by atoms with van der Waals surface area (Å²) < 4.78 is 0. The maximum Gasteiger partial charge on any atom is 0.224 e. The van der Waals surface area contributed by atoms with Gasteiger partial charge in [0.25, 0.3) is 0 Å². The molecule has 6 nitrogen and oxygen atoms in total. The summed E-state index contributed by atoms with van der Waals surface area (Å²) in [6.45, 7) is 4.20. The van der Waals surface area contributed by atoms with Gasteiger partial charge < -0.3 is 16.0 Å². The summed E-state index contributed by atoms with van der Waals surface area (Å²) in [6, 6.07) is 22.0. The van der Waals surface area contributed by atoms with Gasteiger partial charge in [0.1, 0.15) is 0 Å². The van der Waals surface area contributed by atoms with E-state index >= 15 is 0 Å². The van der Waals surface area contributed by atoms with Crippen molar-refractivity contribution >= 4 is 34.5 Å². The molecule has 3 aromatic rings. The van der Waals surface area contributed by atoms with Gasteiger partial charge in [0.2, 0.25) is 5.91 Å². The van der Waals surface area contributed by atoms with Crippen LogP contribution < -0.4 is 16.0 Å². The number of ketones is 2. The molecule has 0 saturated heterocycles. The van der Waals surface area contributed by atoms with Crippen LogP contribution in [0.15, 0.2) is 84.1 Å². The third kappa shape index (κ3) is 6.41. The third-order valence-electron chi connectivity index (χ3n) is 7.61. The van der Waals surface area contributed by atoms with E-state index in [1.807, 2.05) is 72.8 Å². The van der Waals surface area contributed by atoms with Crippen LogP contribution in [0.4, 0.5) is 17.1 Å². The van der Waals surface area contributed by atoms with E-state index in [1.165, 1.54) is 0 Å². The minimum Gasteiger partial charge on any atom is -0.372 e. The summed E-state index contributed by atoms with van der Waals surface area (Å²) in [7, 11) is 0. The molecular weight excluding hydrogens is 510 g/mol. The molecule has 1 atom stereocenters. The molecule has 0 spiro atoms. The Morgan fingerprint density at radius 1 is 0.951 bits per heavy atom. The van der Waals surface area contributed by atoms with Gasteiger partial charge in [-0.2, -0.15) is 0 Å². The van der Waals surface area contributed by atoms with Crippen molar-refractivity contribution in [3.8, 4) is 12.3 Å². The van der Waals surface area contributed by atoms with Gasteiger partial charge in [-0.3, -0.25) is 14.4 Å². The minimum atomic E-state index is -0.383. The number of fused-ring (bicyclic) bond motifs is 1. The summed E-state index contributed by atoms with van der Waals surface area (Å²) >= 11 is 0. The molecule has 3 N–H and O–H groups in total. The van der Waals surface area contributed by atoms with Crippen molar-refractivity contribution in [3.63, 3.8) is 0 Å². The monoisotopic (exact) mass is 545 g/mol. The zero-order valence-electron chi connectivity index (χ0n) is 23.6.